The number of hydrogen-bond donors (Lipinski definition) is 2. The molecule has 1 aliphatic carbocycles. The normalized spacial score (nSPS) is 17.0. The van der Waals surface area contributed by atoms with E-state index in [0.29, 0.717) is 0 Å². The highest BCUT2D eigenvalue weighted by atomic mass is 14.9. The first-order valence-electron chi connectivity index (χ1n) is 6.63. The topological polar surface area (TPSA) is 27.8 Å². The average Bonchev–Trinajstić information content (AvgIpc) is 2.95. The predicted octanol–water partition coefficient (Wildman–Crippen LogP) is 3.51. The minimum Gasteiger partial charge on any atom is -0.361 e. The van der Waals surface area contributed by atoms with Crippen LogP contribution in [-0.4, -0.2) is 11.0 Å². The van der Waals surface area contributed by atoms with Crippen molar-refractivity contribution in [3.63, 3.8) is 0 Å². The van der Waals surface area contributed by atoms with Gasteiger partial charge in [-0.1, -0.05) is 25.0 Å². The molecule has 0 saturated heterocycles. The van der Waals surface area contributed by atoms with E-state index in [1.807, 2.05) is 0 Å². The number of nitrogens with one attached hydrogen (secondary N) is 2. The lowest BCUT2D eigenvalue weighted by molar-refractivity contribution is 0.525. The number of H-pyrrole nitrogens is 1. The van der Waals surface area contributed by atoms with Crippen LogP contribution in [0.25, 0.3) is 10.9 Å². The second-order valence-corrected chi connectivity index (χ2v) is 5.17. The highest BCUT2D eigenvalue weighted by Crippen LogP contribution is 2.23. The number of fused-ring (bicyclic) bond motifs is 1. The van der Waals surface area contributed by atoms with Gasteiger partial charge in [0.15, 0.2) is 0 Å². The van der Waals surface area contributed by atoms with Crippen LogP contribution in [0.1, 0.15) is 36.8 Å². The standard InChI is InChI=1S/C15H20N2/c1-11-5-4-8-14-15(11)12(10-17-14)9-16-13-6-2-3-7-13/h4-5,8,10,13,16-17H,2-3,6-7,9H2,1H3. The van der Waals surface area contributed by atoms with Crippen molar-refractivity contribution in [3.8, 4) is 0 Å². The SMILES string of the molecule is Cc1cccc2[nH]cc(CNC3CCCC3)c12. The van der Waals surface area contributed by atoms with Crippen molar-refractivity contribution in [2.75, 3.05) is 0 Å². The summed E-state index contributed by atoms with van der Waals surface area (Å²) in [4.78, 5) is 3.36. The number of aryl methyl sites for hydroxylation is 1. The lowest BCUT2D eigenvalue weighted by Gasteiger charge is -2.11. The smallest absolute Gasteiger partial charge is 0.0459 e. The number of aromatic nitrogens is 1. The van der Waals surface area contributed by atoms with Gasteiger partial charge in [0.05, 0.1) is 0 Å². The van der Waals surface area contributed by atoms with Crippen LogP contribution in [0.5, 0.6) is 0 Å². The third-order valence-electron chi connectivity index (χ3n) is 3.93. The van der Waals surface area contributed by atoms with E-state index in [-0.39, 0.29) is 0 Å². The van der Waals surface area contributed by atoms with Gasteiger partial charge < -0.3 is 10.3 Å². The Balaban J connectivity index is 1.80. The summed E-state index contributed by atoms with van der Waals surface area (Å²) >= 11 is 0. The van der Waals surface area contributed by atoms with Gasteiger partial charge in [0.25, 0.3) is 0 Å². The fraction of sp³-hybridized carbons (Fsp3) is 0.467. The van der Waals surface area contributed by atoms with Crippen molar-refractivity contribution in [1.82, 2.24) is 10.3 Å². The monoisotopic (exact) mass is 228 g/mol. The van der Waals surface area contributed by atoms with Crippen molar-refractivity contribution < 1.29 is 0 Å². The van der Waals surface area contributed by atoms with E-state index < -0.39 is 0 Å². The molecule has 1 saturated carbocycles. The van der Waals surface area contributed by atoms with Gasteiger partial charge in [-0.05, 0) is 37.0 Å². The third-order valence-corrected chi connectivity index (χ3v) is 3.93. The Bertz CT molecular complexity index is 507. The Labute approximate surface area is 102 Å². The highest BCUT2D eigenvalue weighted by Gasteiger charge is 2.14. The molecule has 1 aromatic carbocycles. The summed E-state index contributed by atoms with van der Waals surface area (Å²) in [5.41, 5.74) is 4.03. The van der Waals surface area contributed by atoms with E-state index in [1.54, 1.807) is 0 Å². The zero-order valence-electron chi connectivity index (χ0n) is 10.4. The van der Waals surface area contributed by atoms with E-state index in [1.165, 1.54) is 47.7 Å². The van der Waals surface area contributed by atoms with E-state index >= 15 is 0 Å². The molecule has 2 N–H and O–H groups in total. The molecule has 1 heterocycles. The van der Waals surface area contributed by atoms with Crippen LogP contribution < -0.4 is 5.32 Å². The molecule has 0 spiro atoms. The van der Waals surface area contributed by atoms with Gasteiger partial charge in [-0.15, -0.1) is 0 Å². The zero-order chi connectivity index (χ0) is 11.7. The fourth-order valence-electron chi connectivity index (χ4n) is 2.97. The predicted molar refractivity (Wildman–Crippen MR) is 72.1 cm³/mol. The Kier molecular flexibility index (Phi) is 2.89. The molecule has 17 heavy (non-hydrogen) atoms. The molecule has 0 aliphatic heterocycles. The van der Waals surface area contributed by atoms with Crippen LogP contribution in [0.2, 0.25) is 0 Å². The molecule has 1 fully saturated rings. The van der Waals surface area contributed by atoms with Crippen LogP contribution in [-0.2, 0) is 6.54 Å². The molecular formula is C15H20N2. The van der Waals surface area contributed by atoms with Crippen molar-refractivity contribution in [1.29, 1.82) is 0 Å². The van der Waals surface area contributed by atoms with Gasteiger partial charge in [0.2, 0.25) is 0 Å². The van der Waals surface area contributed by atoms with Crippen LogP contribution in [0.4, 0.5) is 0 Å². The third kappa shape index (κ3) is 2.09. The number of benzene rings is 1. The summed E-state index contributed by atoms with van der Waals surface area (Å²) in [6.07, 6.45) is 7.64. The Morgan fingerprint density at radius 1 is 1.29 bits per heavy atom. The number of hydrogen-bond acceptors (Lipinski definition) is 1. The summed E-state index contributed by atoms with van der Waals surface area (Å²) in [5, 5.41) is 5.08. The lowest BCUT2D eigenvalue weighted by atomic mass is 10.1. The summed E-state index contributed by atoms with van der Waals surface area (Å²) in [7, 11) is 0. The second-order valence-electron chi connectivity index (χ2n) is 5.17. The number of rotatable bonds is 3. The number of aromatic amines is 1. The van der Waals surface area contributed by atoms with E-state index in [2.05, 4.69) is 41.6 Å². The largest absolute Gasteiger partial charge is 0.361 e. The maximum absolute atomic E-state index is 3.68. The molecule has 1 aromatic heterocycles. The molecular weight excluding hydrogens is 208 g/mol. The van der Waals surface area contributed by atoms with Crippen molar-refractivity contribution >= 4 is 10.9 Å². The average molecular weight is 228 g/mol. The van der Waals surface area contributed by atoms with Gasteiger partial charge in [-0.25, -0.2) is 0 Å². The lowest BCUT2D eigenvalue weighted by Crippen LogP contribution is -2.25. The van der Waals surface area contributed by atoms with Gasteiger partial charge in [0, 0.05) is 29.7 Å². The van der Waals surface area contributed by atoms with E-state index in [0.717, 1.165) is 12.6 Å². The van der Waals surface area contributed by atoms with Crippen LogP contribution in [0, 0.1) is 6.92 Å². The summed E-state index contributed by atoms with van der Waals surface area (Å²) in [6.45, 7) is 3.19. The molecule has 3 rings (SSSR count). The quantitative estimate of drug-likeness (QED) is 0.826. The minimum atomic E-state index is 0.740. The first kappa shape index (κ1) is 10.8. The Hall–Kier alpha value is -1.28. The summed E-state index contributed by atoms with van der Waals surface area (Å²) < 4.78 is 0. The molecule has 0 bridgehead atoms. The van der Waals surface area contributed by atoms with Crippen molar-refractivity contribution in [3.05, 3.63) is 35.5 Å². The first-order valence-corrected chi connectivity index (χ1v) is 6.63. The summed E-state index contributed by atoms with van der Waals surface area (Å²) in [6, 6.07) is 7.20. The van der Waals surface area contributed by atoms with Gasteiger partial charge >= 0.3 is 0 Å². The minimum absolute atomic E-state index is 0.740. The molecule has 2 aromatic rings. The van der Waals surface area contributed by atoms with Crippen LogP contribution in [0.3, 0.4) is 0 Å². The Morgan fingerprint density at radius 2 is 2.12 bits per heavy atom. The molecule has 1 aliphatic rings. The van der Waals surface area contributed by atoms with Gasteiger partial charge in [-0.3, -0.25) is 0 Å². The molecule has 2 heteroatoms. The molecule has 0 amide bonds. The fourth-order valence-corrected chi connectivity index (χ4v) is 2.97. The van der Waals surface area contributed by atoms with Crippen molar-refractivity contribution in [2.45, 2.75) is 45.2 Å². The highest BCUT2D eigenvalue weighted by molar-refractivity contribution is 5.86. The van der Waals surface area contributed by atoms with E-state index in [9.17, 15) is 0 Å². The summed E-state index contributed by atoms with van der Waals surface area (Å²) in [5.74, 6) is 0. The Morgan fingerprint density at radius 3 is 2.94 bits per heavy atom. The van der Waals surface area contributed by atoms with E-state index in [4.69, 9.17) is 0 Å². The van der Waals surface area contributed by atoms with Crippen molar-refractivity contribution in [2.24, 2.45) is 0 Å². The van der Waals surface area contributed by atoms with Gasteiger partial charge in [0.1, 0.15) is 0 Å². The first-order chi connectivity index (χ1) is 8.34. The van der Waals surface area contributed by atoms with Gasteiger partial charge in [-0.2, -0.15) is 0 Å². The molecule has 0 radical (unpaired) electrons. The molecule has 0 atom stereocenters. The molecule has 90 valence electrons. The zero-order valence-corrected chi connectivity index (χ0v) is 10.4. The van der Waals surface area contributed by atoms with Crippen LogP contribution >= 0.6 is 0 Å². The second kappa shape index (κ2) is 4.53. The molecule has 2 nitrogen and oxygen atoms in total. The van der Waals surface area contributed by atoms with Crippen LogP contribution in [0.15, 0.2) is 24.4 Å². The molecule has 0 unspecified atom stereocenters. The maximum Gasteiger partial charge on any atom is 0.0459 e. The maximum atomic E-state index is 3.68.